The van der Waals surface area contributed by atoms with Crippen molar-refractivity contribution in [2.24, 2.45) is 0 Å². The van der Waals surface area contributed by atoms with Crippen molar-refractivity contribution >= 4 is 35.0 Å². The molecule has 202 valence electrons. The molecule has 0 aliphatic rings. The minimum Gasteiger partial charge on any atom is -0.483 e. The molecule has 3 aromatic carbocycles. The van der Waals surface area contributed by atoms with E-state index in [1.165, 1.54) is 0 Å². The largest absolute Gasteiger partial charge is 0.483 e. The number of halogens is 2. The summed E-state index contributed by atoms with van der Waals surface area (Å²) in [6.07, 6.45) is 1.12. The zero-order chi connectivity index (χ0) is 27.7. The number of nitrogens with zero attached hydrogens (tertiary/aromatic N) is 1. The van der Waals surface area contributed by atoms with E-state index in [4.69, 9.17) is 27.9 Å². The third-order valence-corrected chi connectivity index (χ3v) is 7.11. The van der Waals surface area contributed by atoms with E-state index in [1.807, 2.05) is 68.4 Å². The lowest BCUT2D eigenvalue weighted by Crippen LogP contribution is -2.53. The number of rotatable bonds is 12. The summed E-state index contributed by atoms with van der Waals surface area (Å²) in [5.74, 6) is 0.362. The molecule has 0 spiro atoms. The highest BCUT2D eigenvalue weighted by Gasteiger charge is 2.32. The minimum atomic E-state index is -0.769. The van der Waals surface area contributed by atoms with Crippen LogP contribution in [0.5, 0.6) is 5.75 Å². The van der Waals surface area contributed by atoms with Gasteiger partial charge in [0.1, 0.15) is 11.8 Å². The summed E-state index contributed by atoms with van der Waals surface area (Å²) in [4.78, 5) is 29.0. The predicted molar refractivity (Wildman–Crippen MR) is 155 cm³/mol. The normalized spacial score (nSPS) is 12.6. The van der Waals surface area contributed by atoms with Crippen molar-refractivity contribution in [3.63, 3.8) is 0 Å². The number of nitrogens with one attached hydrogen (secondary N) is 1. The van der Waals surface area contributed by atoms with Crippen LogP contribution in [0.2, 0.25) is 10.0 Å². The van der Waals surface area contributed by atoms with Crippen LogP contribution in [0.15, 0.2) is 72.8 Å². The molecular weight excluding hydrogens is 519 g/mol. The molecule has 0 aliphatic heterocycles. The topological polar surface area (TPSA) is 58.6 Å². The van der Waals surface area contributed by atoms with Crippen LogP contribution in [0.4, 0.5) is 0 Å². The number of carbonyl (C=O) groups excluding carboxylic acids is 2. The molecule has 0 fully saturated rings. The lowest BCUT2D eigenvalue weighted by atomic mass is 10.0. The van der Waals surface area contributed by atoms with Gasteiger partial charge in [-0.05, 0) is 54.2 Å². The van der Waals surface area contributed by atoms with Crippen LogP contribution >= 0.6 is 23.2 Å². The Labute approximate surface area is 236 Å². The summed E-state index contributed by atoms with van der Waals surface area (Å²) in [6, 6.07) is 21.7. The van der Waals surface area contributed by atoms with Gasteiger partial charge in [0.2, 0.25) is 5.91 Å². The Morgan fingerprint density at radius 2 is 1.63 bits per heavy atom. The Bertz CT molecular complexity index is 1220. The van der Waals surface area contributed by atoms with Crippen molar-refractivity contribution in [1.29, 1.82) is 0 Å². The van der Waals surface area contributed by atoms with Crippen LogP contribution in [0.1, 0.15) is 56.7 Å². The predicted octanol–water partition coefficient (Wildman–Crippen LogP) is 7.05. The fourth-order valence-corrected chi connectivity index (χ4v) is 4.61. The molecule has 0 radical (unpaired) electrons. The first kappa shape index (κ1) is 29.5. The van der Waals surface area contributed by atoms with Gasteiger partial charge in [-0.2, -0.15) is 0 Å². The summed E-state index contributed by atoms with van der Waals surface area (Å²) in [6.45, 7) is 8.04. The zero-order valence-corrected chi connectivity index (χ0v) is 23.9. The van der Waals surface area contributed by atoms with Crippen molar-refractivity contribution in [2.45, 2.75) is 65.1 Å². The Hall–Kier alpha value is -3.02. The second kappa shape index (κ2) is 14.2. The average Bonchev–Trinajstić information content (AvgIpc) is 2.90. The Morgan fingerprint density at radius 1 is 0.947 bits per heavy atom. The van der Waals surface area contributed by atoms with Gasteiger partial charge in [-0.15, -0.1) is 0 Å². The number of amides is 2. The first-order valence-electron chi connectivity index (χ1n) is 13.0. The number of carbonyl (C=O) groups is 2. The van der Waals surface area contributed by atoms with Crippen molar-refractivity contribution in [2.75, 3.05) is 6.61 Å². The lowest BCUT2D eigenvalue weighted by molar-refractivity contribution is -0.143. The molecule has 0 aliphatic carbocycles. The van der Waals surface area contributed by atoms with Gasteiger partial charge < -0.3 is 15.0 Å². The highest BCUT2D eigenvalue weighted by molar-refractivity contribution is 6.35. The molecule has 3 rings (SSSR count). The highest BCUT2D eigenvalue weighted by Crippen LogP contribution is 2.27. The molecule has 38 heavy (non-hydrogen) atoms. The van der Waals surface area contributed by atoms with E-state index in [1.54, 1.807) is 23.1 Å². The molecule has 2 atom stereocenters. The zero-order valence-electron chi connectivity index (χ0n) is 22.4. The van der Waals surface area contributed by atoms with E-state index >= 15 is 0 Å². The van der Waals surface area contributed by atoms with Gasteiger partial charge in [-0.3, -0.25) is 9.59 Å². The van der Waals surface area contributed by atoms with Gasteiger partial charge in [0.05, 0.1) is 0 Å². The van der Waals surface area contributed by atoms with Crippen LogP contribution in [0.3, 0.4) is 0 Å². The monoisotopic (exact) mass is 554 g/mol. The Balaban J connectivity index is 1.97. The van der Waals surface area contributed by atoms with E-state index in [2.05, 4.69) is 19.2 Å². The van der Waals surface area contributed by atoms with Crippen LogP contribution in [-0.4, -0.2) is 35.4 Å². The summed E-state index contributed by atoms with van der Waals surface area (Å²) < 4.78 is 6.03. The molecule has 7 heteroatoms. The molecule has 0 unspecified atom stereocenters. The highest BCUT2D eigenvalue weighted by atomic mass is 35.5. The third-order valence-electron chi connectivity index (χ3n) is 6.52. The van der Waals surface area contributed by atoms with Crippen LogP contribution in [-0.2, 0) is 22.6 Å². The second-order valence-electron chi connectivity index (χ2n) is 9.76. The van der Waals surface area contributed by atoms with Crippen LogP contribution < -0.4 is 10.1 Å². The fraction of sp³-hybridized carbons (Fsp3) is 0.355. The van der Waals surface area contributed by atoms with Gasteiger partial charge >= 0.3 is 0 Å². The minimum absolute atomic E-state index is 0.0361. The molecule has 0 bridgehead atoms. The summed E-state index contributed by atoms with van der Waals surface area (Å²) >= 11 is 12.6. The molecule has 0 aromatic heterocycles. The van der Waals surface area contributed by atoms with Crippen LogP contribution in [0, 0.1) is 0 Å². The van der Waals surface area contributed by atoms with Crippen LogP contribution in [0.25, 0.3) is 0 Å². The molecule has 0 saturated heterocycles. The molecule has 5 nitrogen and oxygen atoms in total. The lowest BCUT2D eigenvalue weighted by Gasteiger charge is -2.32. The number of para-hydroxylation sites is 1. The summed E-state index contributed by atoms with van der Waals surface area (Å²) in [5.41, 5.74) is 2.66. The van der Waals surface area contributed by atoms with Gasteiger partial charge in [-0.1, -0.05) is 98.6 Å². The number of hydrogen-bond acceptors (Lipinski definition) is 3. The first-order valence-corrected chi connectivity index (χ1v) is 13.7. The Kier molecular flexibility index (Phi) is 11.1. The number of hydrogen-bond donors (Lipinski definition) is 1. The molecule has 1 N–H and O–H groups in total. The maximum absolute atomic E-state index is 13.8. The Morgan fingerprint density at radius 3 is 2.29 bits per heavy atom. The first-order chi connectivity index (χ1) is 18.2. The smallest absolute Gasteiger partial charge is 0.261 e. The summed E-state index contributed by atoms with van der Waals surface area (Å²) in [5, 5.41) is 4.00. The molecule has 0 heterocycles. The fourth-order valence-electron chi connectivity index (χ4n) is 4.14. The molecule has 0 saturated carbocycles. The maximum atomic E-state index is 13.8. The van der Waals surface area contributed by atoms with E-state index in [0.29, 0.717) is 27.8 Å². The van der Waals surface area contributed by atoms with E-state index < -0.39 is 6.04 Å². The van der Waals surface area contributed by atoms with Gasteiger partial charge in [-0.25, -0.2) is 0 Å². The molecule has 3 aromatic rings. The van der Waals surface area contributed by atoms with Gasteiger partial charge in [0.15, 0.2) is 6.61 Å². The van der Waals surface area contributed by atoms with Crippen molar-refractivity contribution in [3.8, 4) is 5.75 Å². The average molecular weight is 556 g/mol. The molecular formula is C31H36Cl2N2O3. The number of ether oxygens (including phenoxy) is 1. The molecule has 2 amide bonds. The van der Waals surface area contributed by atoms with E-state index in [9.17, 15) is 9.59 Å². The quantitative estimate of drug-likeness (QED) is 0.261. The van der Waals surface area contributed by atoms with Gasteiger partial charge in [0.25, 0.3) is 5.91 Å². The maximum Gasteiger partial charge on any atom is 0.261 e. The second-order valence-corrected chi connectivity index (χ2v) is 10.6. The number of benzene rings is 3. The van der Waals surface area contributed by atoms with Crippen molar-refractivity contribution in [3.05, 3.63) is 99.5 Å². The summed E-state index contributed by atoms with van der Waals surface area (Å²) in [7, 11) is 0. The van der Waals surface area contributed by atoms with Crippen molar-refractivity contribution in [1.82, 2.24) is 10.2 Å². The SMILES string of the molecule is CC[C@@H](C)NC(=O)[C@@H](Cc1ccccc1)N(Cc1ccc(Cl)cc1Cl)C(=O)COc1ccccc1C(C)C. The standard InChI is InChI=1S/C31H36Cl2N2O3/c1-5-22(4)34-31(37)28(17-23-11-7-6-8-12-23)35(19-24-15-16-25(32)18-27(24)33)30(36)20-38-29-14-10-9-13-26(29)21(2)3/h6-16,18,21-22,28H,5,17,19-20H2,1-4H3,(H,34,37)/t22-,28-/m1/s1. The van der Waals surface area contributed by atoms with E-state index in [0.717, 1.165) is 17.5 Å². The van der Waals surface area contributed by atoms with Crippen molar-refractivity contribution < 1.29 is 14.3 Å². The van der Waals surface area contributed by atoms with E-state index in [-0.39, 0.29) is 36.9 Å². The van der Waals surface area contributed by atoms with Gasteiger partial charge in [0, 0.05) is 29.1 Å². The third kappa shape index (κ3) is 8.24.